The third-order valence-corrected chi connectivity index (χ3v) is 4.37. The molecule has 0 heterocycles. The van der Waals surface area contributed by atoms with E-state index in [0.29, 0.717) is 0 Å². The molecule has 0 atom stereocenters. The van der Waals surface area contributed by atoms with Gasteiger partial charge in [0, 0.05) is 25.6 Å². The first-order valence-electron chi connectivity index (χ1n) is 4.89. The van der Waals surface area contributed by atoms with Gasteiger partial charge >= 0.3 is 13.6 Å². The highest BCUT2D eigenvalue weighted by Crippen LogP contribution is 2.48. The minimum Gasteiger partial charge on any atom is -0.465 e. The van der Waals surface area contributed by atoms with Gasteiger partial charge in [-0.05, 0) is 12.1 Å². The summed E-state index contributed by atoms with van der Waals surface area (Å²) >= 11 is 0. The van der Waals surface area contributed by atoms with Crippen LogP contribution in [-0.2, 0) is 18.3 Å². The Kier molecular flexibility index (Phi) is 4.34. The van der Waals surface area contributed by atoms with Gasteiger partial charge in [0.05, 0.1) is 12.7 Å². The predicted molar refractivity (Wildman–Crippen MR) is 67.9 cm³/mol. The zero-order chi connectivity index (χ0) is 13.9. The molecule has 0 aliphatic heterocycles. The van der Waals surface area contributed by atoms with Crippen molar-refractivity contribution in [1.29, 1.82) is 0 Å². The largest absolute Gasteiger partial charge is 0.465 e. The van der Waals surface area contributed by atoms with E-state index in [4.69, 9.17) is 20.5 Å². The topological polar surface area (TPSA) is 114 Å². The number of nitrogen functional groups attached to an aromatic ring is 2. The SMILES string of the molecule is COC(=O)c1cc(N)c(P(=O)(OC)OC)c(N)c1. The standard InChI is InChI=1S/C10H15N2O5P/c1-15-10(13)6-4-7(11)9(8(12)5-6)18(14,16-2)17-3/h4-5H,11-12H2,1-3H3. The van der Waals surface area contributed by atoms with E-state index in [1.165, 1.54) is 33.5 Å². The van der Waals surface area contributed by atoms with E-state index in [-0.39, 0.29) is 22.2 Å². The van der Waals surface area contributed by atoms with Crippen molar-refractivity contribution in [3.63, 3.8) is 0 Å². The number of hydrogen-bond acceptors (Lipinski definition) is 7. The molecule has 18 heavy (non-hydrogen) atoms. The molecule has 0 aliphatic carbocycles. The summed E-state index contributed by atoms with van der Waals surface area (Å²) in [5.74, 6) is -0.593. The summed E-state index contributed by atoms with van der Waals surface area (Å²) in [5.41, 5.74) is 11.7. The van der Waals surface area contributed by atoms with Crippen LogP contribution in [0.4, 0.5) is 11.4 Å². The molecule has 0 amide bonds. The first kappa shape index (κ1) is 14.5. The fourth-order valence-corrected chi connectivity index (χ4v) is 2.76. The predicted octanol–water partition coefficient (Wildman–Crippen LogP) is 0.749. The third-order valence-electron chi connectivity index (χ3n) is 2.34. The number of methoxy groups -OCH3 is 1. The van der Waals surface area contributed by atoms with E-state index in [2.05, 4.69) is 4.74 Å². The number of benzene rings is 1. The molecule has 1 aromatic carbocycles. The number of nitrogens with two attached hydrogens (primary N) is 2. The van der Waals surface area contributed by atoms with Gasteiger partial charge in [0.25, 0.3) is 0 Å². The Bertz CT molecular complexity index is 486. The molecule has 100 valence electrons. The van der Waals surface area contributed by atoms with Crippen LogP contribution in [0.5, 0.6) is 0 Å². The summed E-state index contributed by atoms with van der Waals surface area (Å²) in [6.45, 7) is 0. The molecular weight excluding hydrogens is 259 g/mol. The van der Waals surface area contributed by atoms with Crippen molar-refractivity contribution in [3.8, 4) is 0 Å². The fraction of sp³-hybridized carbons (Fsp3) is 0.300. The van der Waals surface area contributed by atoms with Crippen molar-refractivity contribution in [1.82, 2.24) is 0 Å². The molecule has 7 nitrogen and oxygen atoms in total. The van der Waals surface area contributed by atoms with Gasteiger partial charge in [-0.25, -0.2) is 4.79 Å². The first-order chi connectivity index (χ1) is 8.39. The molecule has 0 aromatic heterocycles. The number of anilines is 2. The molecule has 0 spiro atoms. The summed E-state index contributed by atoms with van der Waals surface area (Å²) in [7, 11) is 0.104. The van der Waals surface area contributed by atoms with Crippen molar-refractivity contribution < 1.29 is 23.1 Å². The van der Waals surface area contributed by atoms with Gasteiger partial charge in [-0.1, -0.05) is 0 Å². The zero-order valence-corrected chi connectivity index (χ0v) is 11.2. The lowest BCUT2D eigenvalue weighted by Crippen LogP contribution is -2.19. The van der Waals surface area contributed by atoms with E-state index in [0.717, 1.165) is 0 Å². The Hall–Kier alpha value is -1.56. The minimum atomic E-state index is -3.57. The average molecular weight is 274 g/mol. The Labute approximate surface area is 105 Å². The molecule has 0 bridgehead atoms. The molecule has 0 saturated heterocycles. The summed E-state index contributed by atoms with van der Waals surface area (Å²) < 4.78 is 26.4. The van der Waals surface area contributed by atoms with Crippen LogP contribution in [0, 0.1) is 0 Å². The van der Waals surface area contributed by atoms with Crippen LogP contribution in [-0.4, -0.2) is 27.3 Å². The van der Waals surface area contributed by atoms with Crippen LogP contribution >= 0.6 is 7.60 Å². The highest BCUT2D eigenvalue weighted by atomic mass is 31.2. The highest BCUT2D eigenvalue weighted by molar-refractivity contribution is 7.63. The maximum atomic E-state index is 12.2. The number of ether oxygens (including phenoxy) is 1. The van der Waals surface area contributed by atoms with E-state index in [9.17, 15) is 9.36 Å². The molecule has 4 N–H and O–H groups in total. The Morgan fingerprint density at radius 3 is 1.89 bits per heavy atom. The summed E-state index contributed by atoms with van der Waals surface area (Å²) in [5, 5.41) is 0.0418. The van der Waals surface area contributed by atoms with Gasteiger partial charge in [0.15, 0.2) is 0 Å². The second-order valence-corrected chi connectivity index (χ2v) is 5.53. The lowest BCUT2D eigenvalue weighted by molar-refractivity contribution is 0.0601. The molecule has 8 heteroatoms. The highest BCUT2D eigenvalue weighted by Gasteiger charge is 2.30. The van der Waals surface area contributed by atoms with E-state index >= 15 is 0 Å². The van der Waals surface area contributed by atoms with Crippen LogP contribution in [0.2, 0.25) is 0 Å². The normalized spacial score (nSPS) is 11.3. The monoisotopic (exact) mass is 274 g/mol. The summed E-state index contributed by atoms with van der Waals surface area (Å²) in [4.78, 5) is 11.4. The molecule has 0 aliphatic rings. The van der Waals surface area contributed by atoms with Gasteiger partial charge in [-0.15, -0.1) is 0 Å². The van der Waals surface area contributed by atoms with Crippen molar-refractivity contribution in [2.45, 2.75) is 0 Å². The van der Waals surface area contributed by atoms with Crippen molar-refractivity contribution in [2.24, 2.45) is 0 Å². The zero-order valence-electron chi connectivity index (χ0n) is 10.3. The number of carbonyl (C=O) groups is 1. The van der Waals surface area contributed by atoms with E-state index < -0.39 is 13.6 Å². The molecule has 1 aromatic rings. The van der Waals surface area contributed by atoms with Crippen molar-refractivity contribution >= 4 is 30.2 Å². The maximum Gasteiger partial charge on any atom is 0.364 e. The lowest BCUT2D eigenvalue weighted by Gasteiger charge is -2.18. The second-order valence-electron chi connectivity index (χ2n) is 3.36. The number of rotatable bonds is 4. The maximum absolute atomic E-state index is 12.2. The van der Waals surface area contributed by atoms with Gasteiger partial charge in [0.2, 0.25) is 0 Å². The smallest absolute Gasteiger partial charge is 0.364 e. The van der Waals surface area contributed by atoms with Crippen LogP contribution < -0.4 is 16.8 Å². The van der Waals surface area contributed by atoms with Gasteiger partial charge < -0.3 is 25.3 Å². The number of esters is 1. The number of carbonyl (C=O) groups excluding carboxylic acids is 1. The molecule has 1 rings (SSSR count). The molecule has 0 fully saturated rings. The van der Waals surface area contributed by atoms with Crippen LogP contribution in [0.25, 0.3) is 0 Å². The second kappa shape index (κ2) is 5.39. The van der Waals surface area contributed by atoms with Crippen LogP contribution in [0.3, 0.4) is 0 Å². The van der Waals surface area contributed by atoms with E-state index in [1.54, 1.807) is 0 Å². The molecule has 0 saturated carbocycles. The Morgan fingerprint density at radius 1 is 1.11 bits per heavy atom. The summed E-state index contributed by atoms with van der Waals surface area (Å²) in [6, 6.07) is 2.62. The third kappa shape index (κ3) is 2.48. The lowest BCUT2D eigenvalue weighted by atomic mass is 10.2. The Morgan fingerprint density at radius 2 is 1.56 bits per heavy atom. The van der Waals surface area contributed by atoms with E-state index in [1.807, 2.05) is 0 Å². The van der Waals surface area contributed by atoms with Gasteiger partial charge in [-0.2, -0.15) is 0 Å². The van der Waals surface area contributed by atoms with Crippen molar-refractivity contribution in [3.05, 3.63) is 17.7 Å². The minimum absolute atomic E-state index is 0.0418. The molecular formula is C10H15N2O5P. The fourth-order valence-electron chi connectivity index (χ4n) is 1.49. The van der Waals surface area contributed by atoms with Crippen LogP contribution in [0.15, 0.2) is 12.1 Å². The molecule has 0 radical (unpaired) electrons. The first-order valence-corrected chi connectivity index (χ1v) is 6.43. The van der Waals surface area contributed by atoms with Gasteiger partial charge in [-0.3, -0.25) is 4.57 Å². The van der Waals surface area contributed by atoms with Gasteiger partial charge in [0.1, 0.15) is 5.30 Å². The van der Waals surface area contributed by atoms with Crippen molar-refractivity contribution in [2.75, 3.05) is 32.8 Å². The Balaban J connectivity index is 3.42. The summed E-state index contributed by atoms with van der Waals surface area (Å²) in [6.07, 6.45) is 0. The number of hydrogen-bond donors (Lipinski definition) is 2. The average Bonchev–Trinajstić information content (AvgIpc) is 2.36. The molecule has 0 unspecified atom stereocenters. The van der Waals surface area contributed by atoms with Crippen LogP contribution in [0.1, 0.15) is 10.4 Å². The quantitative estimate of drug-likeness (QED) is 0.473.